The number of aryl methyl sites for hydroxylation is 1. The van der Waals surface area contributed by atoms with Gasteiger partial charge in [0.05, 0.1) is 6.26 Å². The quantitative estimate of drug-likeness (QED) is 0.886. The Morgan fingerprint density at radius 3 is 2.41 bits per heavy atom. The van der Waals surface area contributed by atoms with Crippen molar-refractivity contribution in [3.8, 4) is 0 Å². The van der Waals surface area contributed by atoms with Crippen LogP contribution in [0.25, 0.3) is 0 Å². The van der Waals surface area contributed by atoms with Crippen molar-refractivity contribution in [3.05, 3.63) is 35.6 Å². The van der Waals surface area contributed by atoms with Gasteiger partial charge in [-0.15, -0.1) is 0 Å². The third-order valence-corrected chi connectivity index (χ3v) is 4.53. The number of rotatable bonds is 5. The van der Waals surface area contributed by atoms with Crippen LogP contribution in [0.3, 0.4) is 0 Å². The van der Waals surface area contributed by atoms with Crippen LogP contribution >= 0.6 is 0 Å². The SMILES string of the molecule is CS(=O)(=O)NC1CCN(C(=O)CCc2ccc(F)cc2)CC1. The van der Waals surface area contributed by atoms with Gasteiger partial charge in [-0.2, -0.15) is 0 Å². The summed E-state index contributed by atoms with van der Waals surface area (Å²) in [6, 6.07) is 6.07. The number of nitrogens with one attached hydrogen (secondary N) is 1. The molecule has 1 aliphatic heterocycles. The maximum absolute atomic E-state index is 12.8. The molecule has 0 bridgehead atoms. The summed E-state index contributed by atoms with van der Waals surface area (Å²) >= 11 is 0. The summed E-state index contributed by atoms with van der Waals surface area (Å²) in [7, 11) is -3.20. The Hall–Kier alpha value is -1.47. The van der Waals surface area contributed by atoms with E-state index in [2.05, 4.69) is 4.72 Å². The monoisotopic (exact) mass is 328 g/mol. The molecule has 0 spiro atoms. The first kappa shape index (κ1) is 16.9. The highest BCUT2D eigenvalue weighted by Gasteiger charge is 2.24. The number of benzene rings is 1. The lowest BCUT2D eigenvalue weighted by Crippen LogP contribution is -2.46. The molecule has 1 amide bonds. The minimum absolute atomic E-state index is 0.0575. The van der Waals surface area contributed by atoms with Crippen LogP contribution in [0, 0.1) is 5.82 Å². The number of sulfonamides is 1. The second kappa shape index (κ2) is 7.19. The Bertz CT molecular complexity index is 608. The average molecular weight is 328 g/mol. The molecule has 1 aromatic carbocycles. The van der Waals surface area contributed by atoms with E-state index in [-0.39, 0.29) is 17.8 Å². The van der Waals surface area contributed by atoms with E-state index in [1.165, 1.54) is 12.1 Å². The van der Waals surface area contributed by atoms with E-state index >= 15 is 0 Å². The number of halogens is 1. The number of carbonyl (C=O) groups excluding carboxylic acids is 1. The summed E-state index contributed by atoms with van der Waals surface area (Å²) in [5.74, 6) is -0.224. The zero-order chi connectivity index (χ0) is 16.2. The lowest BCUT2D eigenvalue weighted by molar-refractivity contribution is -0.132. The van der Waals surface area contributed by atoms with Crippen molar-refractivity contribution in [2.24, 2.45) is 0 Å². The number of amides is 1. The first-order valence-corrected chi connectivity index (χ1v) is 9.22. The van der Waals surface area contributed by atoms with Crippen LogP contribution in [-0.2, 0) is 21.2 Å². The molecule has 122 valence electrons. The van der Waals surface area contributed by atoms with E-state index in [1.54, 1.807) is 17.0 Å². The van der Waals surface area contributed by atoms with Crippen LogP contribution in [0.2, 0.25) is 0 Å². The normalized spacial score (nSPS) is 16.7. The fourth-order valence-electron chi connectivity index (χ4n) is 2.61. The molecule has 0 radical (unpaired) electrons. The summed E-state index contributed by atoms with van der Waals surface area (Å²) < 4.78 is 37.7. The van der Waals surface area contributed by atoms with Crippen molar-refractivity contribution in [1.29, 1.82) is 0 Å². The number of likely N-dealkylation sites (tertiary alicyclic amines) is 1. The maximum Gasteiger partial charge on any atom is 0.222 e. The number of hydrogen-bond donors (Lipinski definition) is 1. The predicted molar refractivity (Wildman–Crippen MR) is 82.3 cm³/mol. The third-order valence-electron chi connectivity index (χ3n) is 3.77. The highest BCUT2D eigenvalue weighted by atomic mass is 32.2. The molecule has 0 saturated carbocycles. The molecule has 2 rings (SSSR count). The molecular formula is C15H21FN2O3S. The Labute approximate surface area is 130 Å². The van der Waals surface area contributed by atoms with Gasteiger partial charge in [-0.1, -0.05) is 12.1 Å². The molecule has 5 nitrogen and oxygen atoms in total. The molecule has 22 heavy (non-hydrogen) atoms. The van der Waals surface area contributed by atoms with Crippen molar-refractivity contribution < 1.29 is 17.6 Å². The van der Waals surface area contributed by atoms with Crippen LogP contribution in [0.4, 0.5) is 4.39 Å². The number of carbonyl (C=O) groups is 1. The average Bonchev–Trinajstić information content (AvgIpc) is 2.45. The van der Waals surface area contributed by atoms with E-state index in [0.717, 1.165) is 11.8 Å². The van der Waals surface area contributed by atoms with Crippen LogP contribution in [0.1, 0.15) is 24.8 Å². The van der Waals surface area contributed by atoms with Crippen molar-refractivity contribution in [1.82, 2.24) is 9.62 Å². The fourth-order valence-corrected chi connectivity index (χ4v) is 3.45. The van der Waals surface area contributed by atoms with Gasteiger partial charge < -0.3 is 4.90 Å². The molecule has 0 aromatic heterocycles. The maximum atomic E-state index is 12.8. The second-order valence-electron chi connectivity index (χ2n) is 5.67. The van der Waals surface area contributed by atoms with Gasteiger partial charge in [0.15, 0.2) is 0 Å². The van der Waals surface area contributed by atoms with Gasteiger partial charge >= 0.3 is 0 Å². The summed E-state index contributed by atoms with van der Waals surface area (Å²) in [4.78, 5) is 13.9. The minimum Gasteiger partial charge on any atom is -0.343 e. The van der Waals surface area contributed by atoms with Crippen molar-refractivity contribution >= 4 is 15.9 Å². The summed E-state index contributed by atoms with van der Waals surface area (Å²) in [5.41, 5.74) is 0.934. The van der Waals surface area contributed by atoms with E-state index in [0.29, 0.717) is 38.8 Å². The molecule has 1 fully saturated rings. The molecule has 0 aliphatic carbocycles. The van der Waals surface area contributed by atoms with Gasteiger partial charge in [0.25, 0.3) is 0 Å². The molecule has 0 atom stereocenters. The highest BCUT2D eigenvalue weighted by molar-refractivity contribution is 7.88. The molecule has 1 N–H and O–H groups in total. The Morgan fingerprint density at radius 2 is 1.86 bits per heavy atom. The molecule has 7 heteroatoms. The number of nitrogens with zero attached hydrogens (tertiary/aromatic N) is 1. The van der Waals surface area contributed by atoms with Crippen molar-refractivity contribution in [2.75, 3.05) is 19.3 Å². The Kier molecular flexibility index (Phi) is 5.52. The van der Waals surface area contributed by atoms with Crippen LogP contribution in [0.5, 0.6) is 0 Å². The number of piperidine rings is 1. The van der Waals surface area contributed by atoms with Gasteiger partial charge in [0.1, 0.15) is 5.82 Å². The molecular weight excluding hydrogens is 307 g/mol. The third kappa shape index (κ3) is 5.38. The summed E-state index contributed by atoms with van der Waals surface area (Å²) in [6.45, 7) is 1.13. The smallest absolute Gasteiger partial charge is 0.222 e. The van der Waals surface area contributed by atoms with Crippen LogP contribution < -0.4 is 4.72 Å². The predicted octanol–water partition coefficient (Wildman–Crippen LogP) is 1.30. The first-order chi connectivity index (χ1) is 10.3. The van der Waals surface area contributed by atoms with E-state index in [9.17, 15) is 17.6 Å². The zero-order valence-electron chi connectivity index (χ0n) is 12.6. The molecule has 1 heterocycles. The van der Waals surface area contributed by atoms with Crippen LogP contribution in [-0.4, -0.2) is 44.6 Å². The van der Waals surface area contributed by atoms with Crippen LogP contribution in [0.15, 0.2) is 24.3 Å². The lowest BCUT2D eigenvalue weighted by atomic mass is 10.0. The fraction of sp³-hybridized carbons (Fsp3) is 0.533. The standard InChI is InChI=1S/C15H21FN2O3S/c1-22(20,21)17-14-8-10-18(11-9-14)15(19)7-4-12-2-5-13(16)6-3-12/h2-3,5-6,14,17H,4,7-11H2,1H3. The molecule has 1 aliphatic rings. The zero-order valence-corrected chi connectivity index (χ0v) is 13.4. The molecule has 1 aromatic rings. The van der Waals surface area contributed by atoms with Gasteiger partial charge in [0.2, 0.25) is 15.9 Å². The van der Waals surface area contributed by atoms with E-state index in [4.69, 9.17) is 0 Å². The van der Waals surface area contributed by atoms with E-state index in [1.807, 2.05) is 0 Å². The van der Waals surface area contributed by atoms with Crippen molar-refractivity contribution in [3.63, 3.8) is 0 Å². The second-order valence-corrected chi connectivity index (χ2v) is 7.45. The molecule has 1 saturated heterocycles. The van der Waals surface area contributed by atoms with Crippen molar-refractivity contribution in [2.45, 2.75) is 31.7 Å². The topological polar surface area (TPSA) is 66.5 Å². The largest absolute Gasteiger partial charge is 0.343 e. The van der Waals surface area contributed by atoms with E-state index < -0.39 is 10.0 Å². The Balaban J connectivity index is 1.76. The highest BCUT2D eigenvalue weighted by Crippen LogP contribution is 2.13. The van der Waals surface area contributed by atoms with Gasteiger partial charge in [0, 0.05) is 25.6 Å². The summed E-state index contributed by atoms with van der Waals surface area (Å²) in [6.07, 6.45) is 3.38. The summed E-state index contributed by atoms with van der Waals surface area (Å²) in [5, 5.41) is 0. The Morgan fingerprint density at radius 1 is 1.27 bits per heavy atom. The van der Waals surface area contributed by atoms with Gasteiger partial charge in [-0.05, 0) is 37.0 Å². The lowest BCUT2D eigenvalue weighted by Gasteiger charge is -2.32. The molecule has 0 unspecified atom stereocenters. The minimum atomic E-state index is -3.20. The first-order valence-electron chi connectivity index (χ1n) is 7.33. The van der Waals surface area contributed by atoms with Gasteiger partial charge in [-0.3, -0.25) is 4.79 Å². The number of hydrogen-bond acceptors (Lipinski definition) is 3. The van der Waals surface area contributed by atoms with Gasteiger partial charge in [-0.25, -0.2) is 17.5 Å².